The SMILES string of the molecule is O=S(=O)(NCC(F)(F)CO)c1ccc(OC(F)(F)F)cc1. The number of aliphatic hydroxyl groups is 1. The molecular weight excluding hydrogens is 325 g/mol. The Morgan fingerprint density at radius 2 is 1.62 bits per heavy atom. The number of aliphatic hydroxyl groups excluding tert-OH is 1. The van der Waals surface area contributed by atoms with Crippen LogP contribution in [0.15, 0.2) is 29.2 Å². The summed E-state index contributed by atoms with van der Waals surface area (Å²) >= 11 is 0. The summed E-state index contributed by atoms with van der Waals surface area (Å²) < 4.78 is 89.4. The van der Waals surface area contributed by atoms with Crippen LogP contribution < -0.4 is 9.46 Å². The number of hydrogen-bond donors (Lipinski definition) is 2. The van der Waals surface area contributed by atoms with Gasteiger partial charge in [0.2, 0.25) is 10.0 Å². The van der Waals surface area contributed by atoms with E-state index in [2.05, 4.69) is 4.74 Å². The van der Waals surface area contributed by atoms with E-state index >= 15 is 0 Å². The van der Waals surface area contributed by atoms with Gasteiger partial charge in [-0.25, -0.2) is 21.9 Å². The highest BCUT2D eigenvalue weighted by Crippen LogP contribution is 2.24. The minimum atomic E-state index is -4.93. The maximum absolute atomic E-state index is 12.7. The zero-order valence-electron chi connectivity index (χ0n) is 10.2. The molecule has 0 atom stereocenters. The van der Waals surface area contributed by atoms with Gasteiger partial charge in [-0.3, -0.25) is 0 Å². The van der Waals surface area contributed by atoms with Crippen molar-refractivity contribution in [3.05, 3.63) is 24.3 Å². The molecule has 0 fully saturated rings. The molecule has 0 radical (unpaired) electrons. The summed E-state index contributed by atoms with van der Waals surface area (Å²) in [6, 6.07) is 2.99. The number of ether oxygens (including phenoxy) is 1. The van der Waals surface area contributed by atoms with E-state index in [0.29, 0.717) is 0 Å². The van der Waals surface area contributed by atoms with E-state index in [1.54, 1.807) is 0 Å². The Hall–Kier alpha value is -1.46. The van der Waals surface area contributed by atoms with Gasteiger partial charge in [0.05, 0.1) is 11.4 Å². The lowest BCUT2D eigenvalue weighted by Crippen LogP contribution is -2.38. The second-order valence-electron chi connectivity index (χ2n) is 3.86. The molecule has 0 spiro atoms. The second kappa shape index (κ2) is 6.12. The molecule has 0 aliphatic rings. The van der Waals surface area contributed by atoms with Crippen LogP contribution in [-0.2, 0) is 10.0 Å². The molecular formula is C10H10F5NO4S. The molecule has 5 nitrogen and oxygen atoms in total. The van der Waals surface area contributed by atoms with Crippen LogP contribution in [0.4, 0.5) is 22.0 Å². The Morgan fingerprint density at radius 1 is 1.10 bits per heavy atom. The van der Waals surface area contributed by atoms with E-state index < -0.39 is 46.1 Å². The number of hydrogen-bond acceptors (Lipinski definition) is 4. The van der Waals surface area contributed by atoms with Crippen LogP contribution in [0.5, 0.6) is 5.75 Å². The van der Waals surface area contributed by atoms with Gasteiger partial charge in [0.1, 0.15) is 12.4 Å². The molecule has 0 amide bonds. The Kier molecular flexibility index (Phi) is 5.12. The molecule has 0 heterocycles. The van der Waals surface area contributed by atoms with Crippen LogP contribution in [0.3, 0.4) is 0 Å². The third-order valence-electron chi connectivity index (χ3n) is 2.12. The van der Waals surface area contributed by atoms with E-state index in [-0.39, 0.29) is 0 Å². The summed E-state index contributed by atoms with van der Waals surface area (Å²) in [7, 11) is -4.34. The second-order valence-corrected chi connectivity index (χ2v) is 5.62. The standard InChI is InChI=1S/C10H10F5NO4S/c11-9(12,6-17)5-16-21(18,19)8-3-1-7(2-4-8)20-10(13,14)15/h1-4,16-17H,5-6H2. The predicted molar refractivity (Wildman–Crippen MR) is 60.3 cm³/mol. The number of rotatable bonds is 6. The van der Waals surface area contributed by atoms with Crippen molar-refractivity contribution in [3.63, 3.8) is 0 Å². The molecule has 0 saturated carbocycles. The van der Waals surface area contributed by atoms with Gasteiger partial charge in [0.25, 0.3) is 5.92 Å². The van der Waals surface area contributed by atoms with Crippen molar-refractivity contribution in [1.29, 1.82) is 0 Å². The average Bonchev–Trinajstić information content (AvgIpc) is 2.35. The minimum absolute atomic E-state index is 0.522. The van der Waals surface area contributed by atoms with E-state index in [9.17, 15) is 30.4 Å². The van der Waals surface area contributed by atoms with Crippen LogP contribution in [0.25, 0.3) is 0 Å². The van der Waals surface area contributed by atoms with Crippen LogP contribution in [0, 0.1) is 0 Å². The number of nitrogens with one attached hydrogen (secondary N) is 1. The molecule has 0 unspecified atom stereocenters. The highest BCUT2D eigenvalue weighted by atomic mass is 32.2. The van der Waals surface area contributed by atoms with Crippen molar-refractivity contribution in [2.45, 2.75) is 17.2 Å². The molecule has 11 heteroatoms. The fourth-order valence-corrected chi connectivity index (χ4v) is 2.22. The van der Waals surface area contributed by atoms with Crippen LogP contribution >= 0.6 is 0 Å². The molecule has 1 aromatic carbocycles. The van der Waals surface area contributed by atoms with Crippen LogP contribution in [0.1, 0.15) is 0 Å². The summed E-state index contributed by atoms with van der Waals surface area (Å²) in [5, 5.41) is 8.30. The number of benzene rings is 1. The Labute approximate surface area is 116 Å². The Morgan fingerprint density at radius 3 is 2.05 bits per heavy atom. The van der Waals surface area contributed by atoms with Crippen molar-refractivity contribution in [3.8, 4) is 5.75 Å². The van der Waals surface area contributed by atoms with Gasteiger partial charge in [-0.05, 0) is 24.3 Å². The van der Waals surface area contributed by atoms with E-state index in [1.807, 2.05) is 0 Å². The Bertz CT molecular complexity index is 570. The van der Waals surface area contributed by atoms with Crippen molar-refractivity contribution >= 4 is 10.0 Å². The molecule has 120 valence electrons. The normalized spacial score (nSPS) is 13.2. The van der Waals surface area contributed by atoms with E-state index in [0.717, 1.165) is 24.3 Å². The maximum Gasteiger partial charge on any atom is 0.573 e. The molecule has 21 heavy (non-hydrogen) atoms. The summed E-state index contributed by atoms with van der Waals surface area (Å²) in [5.41, 5.74) is 0. The lowest BCUT2D eigenvalue weighted by atomic mass is 10.3. The molecule has 0 aromatic heterocycles. The lowest BCUT2D eigenvalue weighted by Gasteiger charge is -2.14. The summed E-state index contributed by atoms with van der Waals surface area (Å²) in [6.45, 7) is -2.89. The smallest absolute Gasteiger partial charge is 0.406 e. The summed E-state index contributed by atoms with van der Waals surface area (Å²) in [6.07, 6.45) is -4.93. The van der Waals surface area contributed by atoms with E-state index in [4.69, 9.17) is 5.11 Å². The third-order valence-corrected chi connectivity index (χ3v) is 3.54. The van der Waals surface area contributed by atoms with Crippen molar-refractivity contribution in [1.82, 2.24) is 4.72 Å². The largest absolute Gasteiger partial charge is 0.573 e. The van der Waals surface area contributed by atoms with Crippen molar-refractivity contribution < 1.29 is 40.2 Å². The van der Waals surface area contributed by atoms with E-state index in [1.165, 1.54) is 4.72 Å². The van der Waals surface area contributed by atoms with Gasteiger partial charge < -0.3 is 9.84 Å². The highest BCUT2D eigenvalue weighted by molar-refractivity contribution is 7.89. The van der Waals surface area contributed by atoms with Gasteiger partial charge >= 0.3 is 6.36 Å². The molecule has 2 N–H and O–H groups in total. The van der Waals surface area contributed by atoms with Crippen LogP contribution in [-0.4, -0.2) is 39.0 Å². The number of sulfonamides is 1. The van der Waals surface area contributed by atoms with Gasteiger partial charge in [-0.15, -0.1) is 13.2 Å². The first-order valence-electron chi connectivity index (χ1n) is 5.29. The lowest BCUT2D eigenvalue weighted by molar-refractivity contribution is -0.274. The number of alkyl halides is 5. The summed E-state index contributed by atoms with van der Waals surface area (Å²) in [4.78, 5) is -0.522. The average molecular weight is 335 g/mol. The molecule has 1 aromatic rings. The Balaban J connectivity index is 2.81. The quantitative estimate of drug-likeness (QED) is 0.773. The maximum atomic E-state index is 12.7. The van der Waals surface area contributed by atoms with Gasteiger partial charge in [0, 0.05) is 0 Å². The number of halogens is 5. The van der Waals surface area contributed by atoms with Crippen LogP contribution in [0.2, 0.25) is 0 Å². The van der Waals surface area contributed by atoms with Crippen molar-refractivity contribution in [2.24, 2.45) is 0 Å². The van der Waals surface area contributed by atoms with Gasteiger partial charge in [-0.1, -0.05) is 0 Å². The third kappa shape index (κ3) is 5.81. The summed E-state index contributed by atoms with van der Waals surface area (Å²) in [5.74, 6) is -4.30. The first-order valence-corrected chi connectivity index (χ1v) is 6.78. The fraction of sp³-hybridized carbons (Fsp3) is 0.400. The predicted octanol–water partition coefficient (Wildman–Crippen LogP) is 1.49. The van der Waals surface area contributed by atoms with Gasteiger partial charge in [-0.2, -0.15) is 0 Å². The molecule has 0 saturated heterocycles. The van der Waals surface area contributed by atoms with Gasteiger partial charge in [0.15, 0.2) is 0 Å². The minimum Gasteiger partial charge on any atom is -0.406 e. The molecule has 0 bridgehead atoms. The molecule has 0 aliphatic heterocycles. The highest BCUT2D eigenvalue weighted by Gasteiger charge is 2.32. The molecule has 1 rings (SSSR count). The first-order chi connectivity index (χ1) is 9.45. The fourth-order valence-electron chi connectivity index (χ4n) is 1.16. The zero-order chi connectivity index (χ0) is 16.3. The zero-order valence-corrected chi connectivity index (χ0v) is 11.0. The first kappa shape index (κ1) is 17.6. The van der Waals surface area contributed by atoms with Crippen molar-refractivity contribution in [2.75, 3.05) is 13.2 Å². The topological polar surface area (TPSA) is 75.6 Å². The monoisotopic (exact) mass is 335 g/mol. The molecule has 0 aliphatic carbocycles.